The maximum absolute atomic E-state index is 12.8. The molecule has 2 heterocycles. The maximum atomic E-state index is 12.8. The number of ether oxygens (including phenoxy) is 1. The summed E-state index contributed by atoms with van der Waals surface area (Å²) in [6.45, 7) is 1.91. The van der Waals surface area contributed by atoms with Crippen molar-refractivity contribution in [3.05, 3.63) is 54.4 Å². The summed E-state index contributed by atoms with van der Waals surface area (Å²) in [5, 5.41) is 0.762. The molecular formula is C15H14N2O3S. The third kappa shape index (κ3) is 2.17. The molecule has 0 fully saturated rings. The first-order valence-electron chi connectivity index (χ1n) is 6.36. The number of benzene rings is 1. The summed E-state index contributed by atoms with van der Waals surface area (Å²) in [5.74, 6) is 0.285. The Hall–Kier alpha value is -2.34. The highest BCUT2D eigenvalue weighted by Crippen LogP contribution is 2.27. The molecule has 0 atom stereocenters. The Morgan fingerprint density at radius 3 is 2.48 bits per heavy atom. The largest absolute Gasteiger partial charge is 0.479 e. The van der Waals surface area contributed by atoms with Crippen LogP contribution in [0.25, 0.3) is 10.9 Å². The van der Waals surface area contributed by atoms with Gasteiger partial charge in [0.25, 0.3) is 10.0 Å². The summed E-state index contributed by atoms with van der Waals surface area (Å²) in [7, 11) is -2.21. The van der Waals surface area contributed by atoms with Crippen molar-refractivity contribution in [3.63, 3.8) is 0 Å². The molecule has 0 aliphatic carbocycles. The van der Waals surface area contributed by atoms with Gasteiger partial charge in [0.2, 0.25) is 5.88 Å². The summed E-state index contributed by atoms with van der Waals surface area (Å²) < 4.78 is 31.9. The summed E-state index contributed by atoms with van der Waals surface area (Å²) in [5.41, 5.74) is 1.45. The fraction of sp³-hybridized carbons (Fsp3) is 0.133. The standard InChI is InChI=1S/C15H14N2O3S/c1-11-3-5-13(6-4-11)21(18,19)17-10-8-12-7-9-16-15(20-2)14(12)17/h3-10H,1-2H3. The third-order valence-corrected chi connectivity index (χ3v) is 4.99. The van der Waals surface area contributed by atoms with E-state index in [9.17, 15) is 8.42 Å². The van der Waals surface area contributed by atoms with Crippen LogP contribution in [0.4, 0.5) is 0 Å². The Labute approximate surface area is 122 Å². The SMILES string of the molecule is COc1nccc2ccn(S(=O)(=O)c3ccc(C)cc3)c12. The van der Waals surface area contributed by atoms with Crippen LogP contribution in [0.1, 0.15) is 5.56 Å². The first-order valence-corrected chi connectivity index (χ1v) is 7.80. The number of rotatable bonds is 3. The van der Waals surface area contributed by atoms with Crippen molar-refractivity contribution in [2.45, 2.75) is 11.8 Å². The quantitative estimate of drug-likeness (QED) is 0.746. The number of nitrogens with zero attached hydrogens (tertiary/aromatic N) is 2. The highest BCUT2D eigenvalue weighted by molar-refractivity contribution is 7.90. The zero-order valence-electron chi connectivity index (χ0n) is 11.6. The highest BCUT2D eigenvalue weighted by atomic mass is 32.2. The molecule has 3 rings (SSSR count). The minimum absolute atomic E-state index is 0.233. The van der Waals surface area contributed by atoms with Crippen LogP contribution in [-0.4, -0.2) is 24.5 Å². The van der Waals surface area contributed by atoms with Gasteiger partial charge in [-0.15, -0.1) is 0 Å². The molecule has 5 nitrogen and oxygen atoms in total. The molecule has 6 heteroatoms. The zero-order valence-corrected chi connectivity index (χ0v) is 12.5. The fourth-order valence-corrected chi connectivity index (χ4v) is 3.55. The van der Waals surface area contributed by atoms with Crippen molar-refractivity contribution in [1.29, 1.82) is 0 Å². The van der Waals surface area contributed by atoms with Crippen molar-refractivity contribution in [1.82, 2.24) is 8.96 Å². The van der Waals surface area contributed by atoms with Crippen LogP contribution >= 0.6 is 0 Å². The predicted octanol–water partition coefficient (Wildman–Crippen LogP) is 2.59. The average molecular weight is 302 g/mol. The number of fused-ring (bicyclic) bond motifs is 1. The van der Waals surface area contributed by atoms with Gasteiger partial charge in [-0.05, 0) is 31.2 Å². The fourth-order valence-electron chi connectivity index (χ4n) is 2.20. The molecule has 0 aliphatic rings. The van der Waals surface area contributed by atoms with Crippen LogP contribution in [0.2, 0.25) is 0 Å². The van der Waals surface area contributed by atoms with Gasteiger partial charge in [0.05, 0.1) is 12.0 Å². The Balaban J connectivity index is 2.26. The Bertz CT molecular complexity index is 896. The van der Waals surface area contributed by atoms with Gasteiger partial charge in [0, 0.05) is 17.8 Å². The second-order valence-corrected chi connectivity index (χ2v) is 6.50. The first kappa shape index (κ1) is 13.6. The van der Waals surface area contributed by atoms with Crippen LogP contribution < -0.4 is 4.74 Å². The average Bonchev–Trinajstić information content (AvgIpc) is 2.92. The van der Waals surface area contributed by atoms with Gasteiger partial charge in [-0.3, -0.25) is 0 Å². The molecule has 0 saturated carbocycles. The van der Waals surface area contributed by atoms with Gasteiger partial charge in [-0.2, -0.15) is 0 Å². The van der Waals surface area contributed by atoms with Crippen LogP contribution in [0, 0.1) is 6.92 Å². The number of aryl methyl sites for hydroxylation is 1. The molecule has 0 saturated heterocycles. The molecule has 0 radical (unpaired) electrons. The van der Waals surface area contributed by atoms with Gasteiger partial charge in [0.15, 0.2) is 0 Å². The van der Waals surface area contributed by atoms with Crippen molar-refractivity contribution >= 4 is 20.9 Å². The first-order chi connectivity index (χ1) is 10.0. The van der Waals surface area contributed by atoms with Crippen LogP contribution in [0.15, 0.2) is 53.7 Å². The number of methoxy groups -OCH3 is 1. The normalized spacial score (nSPS) is 11.7. The molecule has 108 valence electrons. The van der Waals surface area contributed by atoms with E-state index in [2.05, 4.69) is 4.98 Å². The van der Waals surface area contributed by atoms with Crippen molar-refractivity contribution < 1.29 is 13.2 Å². The minimum Gasteiger partial charge on any atom is -0.479 e. The zero-order chi connectivity index (χ0) is 15.0. The van der Waals surface area contributed by atoms with E-state index < -0.39 is 10.0 Å². The molecular weight excluding hydrogens is 288 g/mol. The molecule has 1 aromatic carbocycles. The van der Waals surface area contributed by atoms with Crippen molar-refractivity contribution in [2.24, 2.45) is 0 Å². The topological polar surface area (TPSA) is 61.2 Å². The van der Waals surface area contributed by atoms with E-state index >= 15 is 0 Å². The summed E-state index contributed by atoms with van der Waals surface area (Å²) in [6, 6.07) is 10.2. The molecule has 2 aromatic heterocycles. The summed E-state index contributed by atoms with van der Waals surface area (Å²) >= 11 is 0. The van der Waals surface area contributed by atoms with E-state index in [0.717, 1.165) is 10.9 Å². The van der Waals surface area contributed by atoms with Crippen molar-refractivity contribution in [2.75, 3.05) is 7.11 Å². The van der Waals surface area contributed by atoms with Crippen LogP contribution in [0.5, 0.6) is 5.88 Å². The van der Waals surface area contributed by atoms with Gasteiger partial charge in [0.1, 0.15) is 5.52 Å². The Morgan fingerprint density at radius 1 is 1.10 bits per heavy atom. The monoisotopic (exact) mass is 302 g/mol. The number of hydrogen-bond donors (Lipinski definition) is 0. The number of aromatic nitrogens is 2. The van der Waals surface area contributed by atoms with Gasteiger partial charge < -0.3 is 4.74 Å². The van der Waals surface area contributed by atoms with E-state index in [1.54, 1.807) is 42.6 Å². The molecule has 0 unspecified atom stereocenters. The van der Waals surface area contributed by atoms with Gasteiger partial charge in [-0.1, -0.05) is 17.7 Å². The smallest absolute Gasteiger partial charge is 0.268 e. The maximum Gasteiger partial charge on any atom is 0.268 e. The second kappa shape index (κ2) is 4.89. The van der Waals surface area contributed by atoms with E-state index in [1.165, 1.54) is 17.3 Å². The lowest BCUT2D eigenvalue weighted by Gasteiger charge is -2.09. The predicted molar refractivity (Wildman–Crippen MR) is 80.0 cm³/mol. The van der Waals surface area contributed by atoms with E-state index in [4.69, 9.17) is 4.74 Å². The van der Waals surface area contributed by atoms with Crippen LogP contribution in [-0.2, 0) is 10.0 Å². The molecule has 0 bridgehead atoms. The van der Waals surface area contributed by atoms with Crippen molar-refractivity contribution in [3.8, 4) is 5.88 Å². The second-order valence-electron chi connectivity index (χ2n) is 4.69. The third-order valence-electron chi connectivity index (χ3n) is 3.30. The lowest BCUT2D eigenvalue weighted by Crippen LogP contribution is -2.12. The van der Waals surface area contributed by atoms with E-state index in [1.807, 2.05) is 6.92 Å². The molecule has 3 aromatic rings. The molecule has 0 N–H and O–H groups in total. The minimum atomic E-state index is -3.67. The lowest BCUT2D eigenvalue weighted by atomic mass is 10.2. The molecule has 21 heavy (non-hydrogen) atoms. The van der Waals surface area contributed by atoms with Gasteiger partial charge >= 0.3 is 0 Å². The Kier molecular flexibility index (Phi) is 3.17. The highest BCUT2D eigenvalue weighted by Gasteiger charge is 2.21. The van der Waals surface area contributed by atoms with Crippen LogP contribution in [0.3, 0.4) is 0 Å². The van der Waals surface area contributed by atoms with E-state index in [0.29, 0.717) is 5.52 Å². The molecule has 0 aliphatic heterocycles. The lowest BCUT2D eigenvalue weighted by molar-refractivity contribution is 0.402. The summed E-state index contributed by atoms with van der Waals surface area (Å²) in [4.78, 5) is 4.30. The summed E-state index contributed by atoms with van der Waals surface area (Å²) in [6.07, 6.45) is 3.11. The molecule has 0 spiro atoms. The van der Waals surface area contributed by atoms with E-state index in [-0.39, 0.29) is 10.8 Å². The Morgan fingerprint density at radius 2 is 1.81 bits per heavy atom. The number of hydrogen-bond acceptors (Lipinski definition) is 4. The molecule has 0 amide bonds. The number of pyridine rings is 1. The van der Waals surface area contributed by atoms with Gasteiger partial charge in [-0.25, -0.2) is 17.4 Å².